The molecule has 0 aromatic carbocycles. The normalized spacial score (nSPS) is 16.2. The van der Waals surface area contributed by atoms with Gasteiger partial charge in [0.25, 0.3) is 0 Å². The van der Waals surface area contributed by atoms with Crippen molar-refractivity contribution in [3.05, 3.63) is 12.7 Å². The molecule has 0 aromatic heterocycles. The second-order valence-corrected chi connectivity index (χ2v) is 7.19. The molecule has 2 nitrogen and oxygen atoms in total. The summed E-state index contributed by atoms with van der Waals surface area (Å²) in [5.41, 5.74) is -0.418. The van der Waals surface area contributed by atoms with Crippen molar-refractivity contribution in [1.29, 1.82) is 0 Å². The van der Waals surface area contributed by atoms with Gasteiger partial charge in [-0.1, -0.05) is 47.6 Å². The van der Waals surface area contributed by atoms with E-state index in [4.69, 9.17) is 4.74 Å². The molecule has 1 unspecified atom stereocenters. The van der Waals surface area contributed by atoms with Gasteiger partial charge in [-0.2, -0.15) is 0 Å². The molecule has 0 spiro atoms. The highest BCUT2D eigenvalue weighted by atomic mass is 16.6. The van der Waals surface area contributed by atoms with Gasteiger partial charge in [0.05, 0.1) is 6.42 Å². The highest BCUT2D eigenvalue weighted by molar-refractivity contribution is 5.71. The van der Waals surface area contributed by atoms with Crippen LogP contribution in [0.25, 0.3) is 0 Å². The quantitative estimate of drug-likeness (QED) is 0.539. The molecule has 0 amide bonds. The Bertz CT molecular complexity index is 278. The van der Waals surface area contributed by atoms with Crippen molar-refractivity contribution >= 4 is 5.97 Å². The molecule has 17 heavy (non-hydrogen) atoms. The van der Waals surface area contributed by atoms with Crippen LogP contribution in [-0.2, 0) is 9.53 Å². The summed E-state index contributed by atoms with van der Waals surface area (Å²) in [7, 11) is 0. The van der Waals surface area contributed by atoms with Crippen LogP contribution < -0.4 is 0 Å². The van der Waals surface area contributed by atoms with E-state index in [2.05, 4.69) is 48.1 Å². The number of carbonyl (C=O) groups is 1. The Hall–Kier alpha value is -0.790. The molecule has 100 valence electrons. The molecule has 0 fully saturated rings. The summed E-state index contributed by atoms with van der Waals surface area (Å²) >= 11 is 0. The van der Waals surface area contributed by atoms with Gasteiger partial charge in [-0.25, -0.2) is 0 Å². The van der Waals surface area contributed by atoms with Crippen LogP contribution in [0.4, 0.5) is 0 Å². The van der Waals surface area contributed by atoms with Crippen molar-refractivity contribution < 1.29 is 9.53 Å². The molecule has 0 N–H and O–H groups in total. The van der Waals surface area contributed by atoms with Crippen molar-refractivity contribution in [2.24, 2.45) is 10.8 Å². The number of hydrogen-bond acceptors (Lipinski definition) is 2. The summed E-state index contributed by atoms with van der Waals surface area (Å²) in [6, 6.07) is 0. The monoisotopic (exact) mass is 240 g/mol. The average Bonchev–Trinajstić information content (AvgIpc) is 1.97. The summed E-state index contributed by atoms with van der Waals surface area (Å²) < 4.78 is 5.71. The zero-order valence-electron chi connectivity index (χ0n) is 12.5. The number of carbonyl (C=O) groups excluding carboxylic acids is 1. The van der Waals surface area contributed by atoms with Gasteiger partial charge < -0.3 is 4.74 Å². The van der Waals surface area contributed by atoms with E-state index >= 15 is 0 Å². The molecule has 0 saturated heterocycles. The lowest BCUT2D eigenvalue weighted by molar-refractivity contribution is -0.174. The van der Waals surface area contributed by atoms with Crippen LogP contribution in [0.2, 0.25) is 0 Å². The smallest absolute Gasteiger partial charge is 0.310 e. The standard InChI is InChI=1S/C15H28O2/c1-9-10-12(16)17-15(8,14(5,6)7)11-13(2,3)4/h9H,1,10-11H2,2-8H3. The molecule has 0 aromatic rings. The number of hydrogen-bond donors (Lipinski definition) is 0. The summed E-state index contributed by atoms with van der Waals surface area (Å²) in [4.78, 5) is 11.7. The lowest BCUT2D eigenvalue weighted by atomic mass is 9.69. The van der Waals surface area contributed by atoms with Crippen LogP contribution in [0, 0.1) is 10.8 Å². The molecule has 0 aliphatic carbocycles. The fourth-order valence-electron chi connectivity index (χ4n) is 1.88. The first-order chi connectivity index (χ1) is 7.41. The zero-order valence-corrected chi connectivity index (χ0v) is 12.5. The van der Waals surface area contributed by atoms with Crippen molar-refractivity contribution in [3.63, 3.8) is 0 Å². The first-order valence-corrected chi connectivity index (χ1v) is 6.24. The number of ether oxygens (including phenoxy) is 1. The fraction of sp³-hybridized carbons (Fsp3) is 0.800. The lowest BCUT2D eigenvalue weighted by Gasteiger charge is -2.44. The van der Waals surface area contributed by atoms with Crippen LogP contribution in [-0.4, -0.2) is 11.6 Å². The van der Waals surface area contributed by atoms with Crippen molar-refractivity contribution in [1.82, 2.24) is 0 Å². The van der Waals surface area contributed by atoms with Gasteiger partial charge in [0.1, 0.15) is 5.60 Å². The second kappa shape index (κ2) is 5.24. The fourth-order valence-corrected chi connectivity index (χ4v) is 1.88. The maximum atomic E-state index is 11.7. The first kappa shape index (κ1) is 16.2. The number of esters is 1. The summed E-state index contributed by atoms with van der Waals surface area (Å²) in [5, 5.41) is 0. The van der Waals surface area contributed by atoms with Gasteiger partial charge >= 0.3 is 5.97 Å². The van der Waals surface area contributed by atoms with Gasteiger partial charge in [-0.15, -0.1) is 6.58 Å². The highest BCUT2D eigenvalue weighted by Crippen LogP contribution is 2.42. The molecule has 0 aliphatic heterocycles. The van der Waals surface area contributed by atoms with Crippen LogP contribution in [0.3, 0.4) is 0 Å². The molecule has 0 bridgehead atoms. The van der Waals surface area contributed by atoms with Crippen LogP contribution in [0.15, 0.2) is 12.7 Å². The van der Waals surface area contributed by atoms with E-state index in [1.807, 2.05) is 6.92 Å². The summed E-state index contributed by atoms with van der Waals surface area (Å²) in [6.45, 7) is 18.4. The van der Waals surface area contributed by atoms with Crippen molar-refractivity contribution in [2.75, 3.05) is 0 Å². The van der Waals surface area contributed by atoms with Gasteiger partial charge in [0, 0.05) is 5.41 Å². The Morgan fingerprint density at radius 2 is 1.59 bits per heavy atom. The van der Waals surface area contributed by atoms with E-state index in [1.165, 1.54) is 0 Å². The van der Waals surface area contributed by atoms with Gasteiger partial charge in [-0.3, -0.25) is 4.79 Å². The molecule has 0 aliphatic rings. The van der Waals surface area contributed by atoms with E-state index in [0.717, 1.165) is 6.42 Å². The average molecular weight is 240 g/mol. The molecule has 0 heterocycles. The molecule has 0 saturated carbocycles. The van der Waals surface area contributed by atoms with Gasteiger partial charge in [0.15, 0.2) is 0 Å². The third-order valence-corrected chi connectivity index (χ3v) is 3.10. The Balaban J connectivity index is 4.99. The second-order valence-electron chi connectivity index (χ2n) is 7.19. The summed E-state index contributed by atoms with van der Waals surface area (Å²) in [6.07, 6.45) is 2.70. The minimum Gasteiger partial charge on any atom is -0.459 e. The molecule has 1 atom stereocenters. The van der Waals surface area contributed by atoms with Gasteiger partial charge in [0.2, 0.25) is 0 Å². The van der Waals surface area contributed by atoms with Crippen molar-refractivity contribution in [3.8, 4) is 0 Å². The van der Waals surface area contributed by atoms with Crippen molar-refractivity contribution in [2.45, 2.75) is 66.9 Å². The summed E-state index contributed by atoms with van der Waals surface area (Å²) in [5.74, 6) is -0.193. The molecule has 2 heteroatoms. The highest BCUT2D eigenvalue weighted by Gasteiger charge is 2.43. The minimum absolute atomic E-state index is 0.0862. The predicted molar refractivity (Wildman–Crippen MR) is 72.8 cm³/mol. The maximum Gasteiger partial charge on any atom is 0.310 e. The Morgan fingerprint density at radius 1 is 1.12 bits per heavy atom. The number of rotatable bonds is 4. The van der Waals surface area contributed by atoms with E-state index in [1.54, 1.807) is 6.08 Å². The van der Waals surface area contributed by atoms with E-state index in [9.17, 15) is 4.79 Å². The largest absolute Gasteiger partial charge is 0.459 e. The van der Waals surface area contributed by atoms with Gasteiger partial charge in [-0.05, 0) is 18.8 Å². The van der Waals surface area contributed by atoms with E-state index < -0.39 is 5.60 Å². The lowest BCUT2D eigenvalue weighted by Crippen LogP contribution is -2.46. The molecular formula is C15H28O2. The SMILES string of the molecule is C=CCC(=O)OC(C)(CC(C)(C)C)C(C)(C)C. The van der Waals surface area contributed by atoms with Crippen LogP contribution in [0.5, 0.6) is 0 Å². The minimum atomic E-state index is -0.453. The Morgan fingerprint density at radius 3 is 1.88 bits per heavy atom. The van der Waals surface area contributed by atoms with E-state index in [0.29, 0.717) is 0 Å². The third kappa shape index (κ3) is 5.38. The van der Waals surface area contributed by atoms with E-state index in [-0.39, 0.29) is 23.2 Å². The predicted octanol–water partition coefficient (Wildman–Crippen LogP) is 4.35. The zero-order chi connectivity index (χ0) is 13.9. The third-order valence-electron chi connectivity index (χ3n) is 3.10. The first-order valence-electron chi connectivity index (χ1n) is 6.24. The molecule has 0 radical (unpaired) electrons. The molecule has 0 rings (SSSR count). The Kier molecular flexibility index (Phi) is 5.00. The maximum absolute atomic E-state index is 11.7. The topological polar surface area (TPSA) is 26.3 Å². The molecular weight excluding hydrogens is 212 g/mol. The van der Waals surface area contributed by atoms with Crippen LogP contribution in [0.1, 0.15) is 61.3 Å². The van der Waals surface area contributed by atoms with Crippen LogP contribution >= 0.6 is 0 Å². The Labute approximate surface area is 106 Å².